The fourth-order valence-electron chi connectivity index (χ4n) is 2.71. The van der Waals surface area contributed by atoms with Gasteiger partial charge in [-0.1, -0.05) is 17.7 Å². The number of hydrogen-bond acceptors (Lipinski definition) is 3. The van der Waals surface area contributed by atoms with Gasteiger partial charge >= 0.3 is 0 Å². The van der Waals surface area contributed by atoms with E-state index in [0.717, 1.165) is 36.2 Å². The summed E-state index contributed by atoms with van der Waals surface area (Å²) in [5, 5.41) is 7.81. The van der Waals surface area contributed by atoms with Crippen LogP contribution in [-0.2, 0) is 13.6 Å². The molecule has 6 nitrogen and oxygen atoms in total. The van der Waals surface area contributed by atoms with Crippen molar-refractivity contribution in [1.29, 1.82) is 0 Å². The van der Waals surface area contributed by atoms with Crippen LogP contribution in [0.2, 0.25) is 0 Å². The van der Waals surface area contributed by atoms with E-state index in [1.807, 2.05) is 37.8 Å². The Bertz CT molecular complexity index is 733. The van der Waals surface area contributed by atoms with Crippen LogP contribution in [0.15, 0.2) is 29.3 Å². The quantitative estimate of drug-likeness (QED) is 0.611. The largest absolute Gasteiger partial charge is 0.492 e. The van der Waals surface area contributed by atoms with E-state index in [-0.39, 0.29) is 0 Å². The maximum Gasteiger partial charge on any atom is 0.194 e. The molecule has 1 aromatic heterocycles. The van der Waals surface area contributed by atoms with Gasteiger partial charge in [0.15, 0.2) is 5.96 Å². The summed E-state index contributed by atoms with van der Waals surface area (Å²) in [5.74, 6) is 1.77. The fraction of sp³-hybridized carbons (Fsp3) is 0.500. The number of nitrogens with zero attached hydrogens (tertiary/aromatic N) is 4. The molecule has 0 atom stereocenters. The van der Waals surface area contributed by atoms with Crippen molar-refractivity contribution in [3.05, 3.63) is 46.8 Å². The van der Waals surface area contributed by atoms with Crippen molar-refractivity contribution in [1.82, 2.24) is 20.0 Å². The maximum absolute atomic E-state index is 5.83. The van der Waals surface area contributed by atoms with Crippen LogP contribution < -0.4 is 10.1 Å². The average molecular weight is 358 g/mol. The Hall–Kier alpha value is -2.50. The third-order valence-corrected chi connectivity index (χ3v) is 4.46. The van der Waals surface area contributed by atoms with Crippen LogP contribution in [-0.4, -0.2) is 47.4 Å². The first kappa shape index (κ1) is 19.8. The third-order valence-electron chi connectivity index (χ3n) is 4.46. The molecule has 0 bridgehead atoms. The van der Waals surface area contributed by atoms with E-state index in [4.69, 9.17) is 9.73 Å². The van der Waals surface area contributed by atoms with Gasteiger partial charge in [-0.15, -0.1) is 0 Å². The molecular weight excluding hydrogens is 326 g/mol. The predicted octanol–water partition coefficient (Wildman–Crippen LogP) is 2.82. The molecule has 0 saturated carbocycles. The van der Waals surface area contributed by atoms with Crippen LogP contribution in [0.4, 0.5) is 0 Å². The lowest BCUT2D eigenvalue weighted by Gasteiger charge is -2.22. The number of aliphatic imine (C=N–C) groups is 1. The van der Waals surface area contributed by atoms with Crippen LogP contribution in [0.1, 0.15) is 29.4 Å². The highest BCUT2D eigenvalue weighted by molar-refractivity contribution is 5.79. The third kappa shape index (κ3) is 5.25. The smallest absolute Gasteiger partial charge is 0.194 e. The van der Waals surface area contributed by atoms with Gasteiger partial charge in [0.2, 0.25) is 0 Å². The number of nitrogens with one attached hydrogen (secondary N) is 1. The summed E-state index contributed by atoms with van der Waals surface area (Å²) in [6.45, 7) is 11.1. The summed E-state index contributed by atoms with van der Waals surface area (Å²) in [6, 6.07) is 8.12. The number of likely N-dealkylation sites (N-methyl/N-ethyl adjacent to an activating group) is 1. The molecule has 26 heavy (non-hydrogen) atoms. The molecular formula is C20H31N5O. The van der Waals surface area contributed by atoms with Gasteiger partial charge in [-0.25, -0.2) is 4.99 Å². The fourth-order valence-corrected chi connectivity index (χ4v) is 2.71. The topological polar surface area (TPSA) is 54.7 Å². The van der Waals surface area contributed by atoms with Gasteiger partial charge in [0, 0.05) is 31.9 Å². The number of aromatic nitrogens is 2. The Morgan fingerprint density at radius 3 is 2.50 bits per heavy atom. The van der Waals surface area contributed by atoms with Crippen molar-refractivity contribution in [2.24, 2.45) is 12.0 Å². The van der Waals surface area contributed by atoms with Crippen molar-refractivity contribution in [3.63, 3.8) is 0 Å². The Labute approximate surface area is 156 Å². The molecule has 0 aliphatic carbocycles. The zero-order chi connectivity index (χ0) is 19.1. The maximum atomic E-state index is 5.83. The first-order chi connectivity index (χ1) is 12.4. The number of guanidine groups is 1. The summed E-state index contributed by atoms with van der Waals surface area (Å²) in [4.78, 5) is 6.87. The second kappa shape index (κ2) is 9.27. The number of rotatable bonds is 7. The molecule has 1 aromatic carbocycles. The Kier molecular flexibility index (Phi) is 7.06. The molecule has 0 aliphatic rings. The van der Waals surface area contributed by atoms with E-state index >= 15 is 0 Å². The SMILES string of the molecule is CCNC(=NCc1c(C)nn(C)c1C)N(C)CCOc1ccc(C)cc1. The second-order valence-electron chi connectivity index (χ2n) is 6.53. The van der Waals surface area contributed by atoms with Crippen molar-refractivity contribution < 1.29 is 4.74 Å². The molecule has 1 N–H and O–H groups in total. The van der Waals surface area contributed by atoms with Crippen molar-refractivity contribution >= 4 is 5.96 Å². The van der Waals surface area contributed by atoms with Crippen LogP contribution in [0.25, 0.3) is 0 Å². The van der Waals surface area contributed by atoms with Crippen LogP contribution in [0.3, 0.4) is 0 Å². The van der Waals surface area contributed by atoms with E-state index in [2.05, 4.69) is 48.2 Å². The summed E-state index contributed by atoms with van der Waals surface area (Å²) >= 11 is 0. The van der Waals surface area contributed by atoms with Gasteiger partial charge in [-0.2, -0.15) is 5.10 Å². The number of benzene rings is 1. The number of aryl methyl sites for hydroxylation is 3. The number of hydrogen-bond donors (Lipinski definition) is 1. The van der Waals surface area contributed by atoms with E-state index < -0.39 is 0 Å². The van der Waals surface area contributed by atoms with Crippen LogP contribution in [0, 0.1) is 20.8 Å². The van der Waals surface area contributed by atoms with Gasteiger partial charge in [-0.05, 0) is 39.8 Å². The summed E-state index contributed by atoms with van der Waals surface area (Å²) in [7, 11) is 4.00. The lowest BCUT2D eigenvalue weighted by Crippen LogP contribution is -2.40. The molecule has 142 valence electrons. The highest BCUT2D eigenvalue weighted by atomic mass is 16.5. The minimum absolute atomic E-state index is 0.606. The molecule has 0 saturated heterocycles. The van der Waals surface area contributed by atoms with E-state index in [9.17, 15) is 0 Å². The molecule has 0 fully saturated rings. The van der Waals surface area contributed by atoms with Gasteiger partial charge in [0.05, 0.1) is 18.8 Å². The van der Waals surface area contributed by atoms with E-state index in [1.54, 1.807) is 0 Å². The first-order valence-electron chi connectivity index (χ1n) is 9.10. The normalized spacial score (nSPS) is 11.5. The van der Waals surface area contributed by atoms with Gasteiger partial charge < -0.3 is 15.0 Å². The van der Waals surface area contributed by atoms with Crippen molar-refractivity contribution in [2.45, 2.75) is 34.2 Å². The standard InChI is InChI=1S/C20H31N5O/c1-7-21-20(22-14-19-16(3)23-25(6)17(19)4)24(5)12-13-26-18-10-8-15(2)9-11-18/h8-11H,7,12-14H2,1-6H3,(H,21,22). The minimum Gasteiger partial charge on any atom is -0.492 e. The zero-order valence-corrected chi connectivity index (χ0v) is 16.8. The van der Waals surface area contributed by atoms with E-state index in [1.165, 1.54) is 11.1 Å². The van der Waals surface area contributed by atoms with Gasteiger partial charge in [0.1, 0.15) is 12.4 Å². The molecule has 0 unspecified atom stereocenters. The molecule has 0 radical (unpaired) electrons. The van der Waals surface area contributed by atoms with Gasteiger partial charge in [-0.3, -0.25) is 4.68 Å². The summed E-state index contributed by atoms with van der Waals surface area (Å²) in [5.41, 5.74) is 4.62. The van der Waals surface area contributed by atoms with Gasteiger partial charge in [0.25, 0.3) is 0 Å². The predicted molar refractivity (Wildman–Crippen MR) is 107 cm³/mol. The van der Waals surface area contributed by atoms with E-state index in [0.29, 0.717) is 13.2 Å². The summed E-state index contributed by atoms with van der Waals surface area (Å²) < 4.78 is 7.74. The first-order valence-corrected chi connectivity index (χ1v) is 9.10. The molecule has 0 spiro atoms. The van der Waals surface area contributed by atoms with Crippen molar-refractivity contribution in [3.8, 4) is 5.75 Å². The Morgan fingerprint density at radius 2 is 1.92 bits per heavy atom. The number of ether oxygens (including phenoxy) is 1. The monoisotopic (exact) mass is 357 g/mol. The zero-order valence-electron chi connectivity index (χ0n) is 16.8. The molecule has 2 aromatic rings. The molecule has 6 heteroatoms. The lowest BCUT2D eigenvalue weighted by molar-refractivity contribution is 0.281. The molecule has 0 amide bonds. The molecule has 2 rings (SSSR count). The minimum atomic E-state index is 0.606. The second-order valence-corrected chi connectivity index (χ2v) is 6.53. The highest BCUT2D eigenvalue weighted by Crippen LogP contribution is 2.13. The lowest BCUT2D eigenvalue weighted by atomic mass is 10.2. The molecule has 1 heterocycles. The highest BCUT2D eigenvalue weighted by Gasteiger charge is 2.11. The Morgan fingerprint density at radius 1 is 1.23 bits per heavy atom. The van der Waals surface area contributed by atoms with Crippen LogP contribution in [0.5, 0.6) is 5.75 Å². The van der Waals surface area contributed by atoms with Crippen molar-refractivity contribution in [2.75, 3.05) is 26.7 Å². The summed E-state index contributed by atoms with van der Waals surface area (Å²) in [6.07, 6.45) is 0. The van der Waals surface area contributed by atoms with Crippen LogP contribution >= 0.6 is 0 Å². The average Bonchev–Trinajstić information content (AvgIpc) is 2.85. The molecule has 0 aliphatic heterocycles. The Balaban J connectivity index is 1.95.